The third-order valence-corrected chi connectivity index (χ3v) is 7.97. The molecule has 3 unspecified atom stereocenters. The van der Waals surface area contributed by atoms with Crippen molar-refractivity contribution in [2.24, 2.45) is 0 Å². The number of aromatic amines is 1. The second-order valence-electron chi connectivity index (χ2n) is 11.4. The molecule has 0 spiro atoms. The van der Waals surface area contributed by atoms with Gasteiger partial charge in [0, 0.05) is 23.8 Å². The molecule has 0 aliphatic heterocycles. The van der Waals surface area contributed by atoms with Crippen molar-refractivity contribution in [3.8, 4) is 0 Å². The third kappa shape index (κ3) is 6.85. The number of nitrogens with one attached hydrogen (secondary N) is 3. The summed E-state index contributed by atoms with van der Waals surface area (Å²) in [5, 5.41) is 22.0. The number of sulfonamides is 1. The fourth-order valence-corrected chi connectivity index (χ4v) is 5.99. The van der Waals surface area contributed by atoms with Crippen LogP contribution in [-0.4, -0.2) is 48.7 Å². The number of H-pyrrole nitrogens is 1. The van der Waals surface area contributed by atoms with Gasteiger partial charge in [-0.3, -0.25) is 5.10 Å². The fourth-order valence-electron chi connectivity index (χ4n) is 5.20. The van der Waals surface area contributed by atoms with E-state index < -0.39 is 39.3 Å². The Morgan fingerprint density at radius 2 is 1.87 bits per heavy atom. The minimum Gasteiger partial charge on any atom is -0.390 e. The predicted octanol–water partition coefficient (Wildman–Crippen LogP) is 3.48. The van der Waals surface area contributed by atoms with Gasteiger partial charge in [0.15, 0.2) is 0 Å². The number of aromatic nitrogens is 2. The van der Waals surface area contributed by atoms with Crippen LogP contribution in [0.2, 0.25) is 0 Å². The zero-order valence-electron chi connectivity index (χ0n) is 22.2. The molecule has 2 aromatic carbocycles. The standard InChI is InChI=1S/C28H36F2N4O3S/c1-27(2,3)20-6-5-7-21(13-20)28(9-8-24-19(15-28)16-32-33-24)31-17-26(35)25(34-38(4,36)37)12-18-10-22(29)14-23(30)11-18/h5-7,10-11,13-14,16,25-26,31,34-35H,8-9,12,15,17H2,1-4H3,(H,32,33). The zero-order chi connectivity index (χ0) is 27.7. The second kappa shape index (κ2) is 10.8. The van der Waals surface area contributed by atoms with Gasteiger partial charge in [-0.05, 0) is 65.5 Å². The van der Waals surface area contributed by atoms with Gasteiger partial charge in [-0.1, -0.05) is 45.0 Å². The van der Waals surface area contributed by atoms with Crippen molar-refractivity contribution in [3.05, 3.63) is 88.2 Å². The Kier molecular flexibility index (Phi) is 8.09. The van der Waals surface area contributed by atoms with Gasteiger partial charge in [0.1, 0.15) is 11.6 Å². The van der Waals surface area contributed by atoms with Gasteiger partial charge >= 0.3 is 0 Å². The van der Waals surface area contributed by atoms with Gasteiger partial charge in [0.05, 0.1) is 24.6 Å². The Balaban J connectivity index is 1.62. The molecule has 3 aromatic rings. The van der Waals surface area contributed by atoms with E-state index >= 15 is 0 Å². The lowest BCUT2D eigenvalue weighted by molar-refractivity contribution is 0.117. The van der Waals surface area contributed by atoms with Crippen LogP contribution in [0.25, 0.3) is 0 Å². The van der Waals surface area contributed by atoms with E-state index in [-0.39, 0.29) is 23.9 Å². The lowest BCUT2D eigenvalue weighted by Crippen LogP contribution is -2.54. The van der Waals surface area contributed by atoms with E-state index in [2.05, 4.69) is 59.2 Å². The Morgan fingerprint density at radius 1 is 1.16 bits per heavy atom. The molecule has 0 saturated carbocycles. The highest BCUT2D eigenvalue weighted by atomic mass is 32.2. The molecule has 3 atom stereocenters. The van der Waals surface area contributed by atoms with Gasteiger partial charge in [-0.25, -0.2) is 21.9 Å². The van der Waals surface area contributed by atoms with Gasteiger partial charge in [0.2, 0.25) is 10.0 Å². The van der Waals surface area contributed by atoms with Crippen molar-refractivity contribution < 1.29 is 22.3 Å². The van der Waals surface area contributed by atoms with Crippen molar-refractivity contribution in [2.75, 3.05) is 12.8 Å². The Morgan fingerprint density at radius 3 is 2.53 bits per heavy atom. The number of hydrogen-bond donors (Lipinski definition) is 4. The Bertz CT molecular complexity index is 1370. The molecule has 7 nitrogen and oxygen atoms in total. The second-order valence-corrected chi connectivity index (χ2v) is 13.2. The van der Waals surface area contributed by atoms with Crippen LogP contribution >= 0.6 is 0 Å². The highest BCUT2D eigenvalue weighted by Crippen LogP contribution is 2.37. The molecule has 1 aromatic heterocycles. The first-order chi connectivity index (χ1) is 17.7. The molecule has 0 bridgehead atoms. The number of aliphatic hydroxyl groups is 1. The van der Waals surface area contributed by atoms with E-state index in [1.54, 1.807) is 0 Å². The molecule has 4 N–H and O–H groups in total. The normalized spacial score (nSPS) is 19.7. The van der Waals surface area contributed by atoms with Crippen molar-refractivity contribution in [1.82, 2.24) is 20.2 Å². The number of fused-ring (bicyclic) bond motifs is 1. The van der Waals surface area contributed by atoms with E-state index in [1.807, 2.05) is 12.3 Å². The maximum Gasteiger partial charge on any atom is 0.209 e. The molecule has 10 heteroatoms. The SMILES string of the molecule is CC(C)(C)c1cccc(C2(NCC(O)C(Cc3cc(F)cc(F)c3)NS(C)(=O)=O)CCc3[nH]ncc3C2)c1. The lowest BCUT2D eigenvalue weighted by Gasteiger charge is -2.40. The third-order valence-electron chi connectivity index (χ3n) is 7.24. The number of rotatable bonds is 9. The van der Waals surface area contributed by atoms with Crippen LogP contribution in [0, 0.1) is 11.6 Å². The van der Waals surface area contributed by atoms with Crippen molar-refractivity contribution in [3.63, 3.8) is 0 Å². The molecule has 1 aliphatic rings. The molecule has 0 fully saturated rings. The number of halogens is 2. The molecule has 38 heavy (non-hydrogen) atoms. The van der Waals surface area contributed by atoms with E-state index in [1.165, 1.54) is 5.56 Å². The van der Waals surface area contributed by atoms with E-state index in [0.29, 0.717) is 6.42 Å². The van der Waals surface area contributed by atoms with Crippen LogP contribution in [0.3, 0.4) is 0 Å². The highest BCUT2D eigenvalue weighted by molar-refractivity contribution is 7.88. The molecule has 0 radical (unpaired) electrons. The van der Waals surface area contributed by atoms with Crippen LogP contribution < -0.4 is 10.0 Å². The van der Waals surface area contributed by atoms with E-state index in [4.69, 9.17) is 0 Å². The summed E-state index contributed by atoms with van der Waals surface area (Å²) in [5.74, 6) is -1.52. The average Bonchev–Trinajstić information content (AvgIpc) is 3.28. The van der Waals surface area contributed by atoms with Crippen molar-refractivity contribution >= 4 is 10.0 Å². The molecule has 206 valence electrons. The summed E-state index contributed by atoms with van der Waals surface area (Å²) < 4.78 is 54.2. The number of nitrogens with zero attached hydrogens (tertiary/aromatic N) is 1. The van der Waals surface area contributed by atoms with Crippen LogP contribution in [0.1, 0.15) is 55.1 Å². The number of aliphatic hydroxyl groups excluding tert-OH is 1. The maximum atomic E-state index is 13.8. The van der Waals surface area contributed by atoms with Gasteiger partial charge in [-0.2, -0.15) is 5.10 Å². The number of benzene rings is 2. The Labute approximate surface area is 223 Å². The summed E-state index contributed by atoms with van der Waals surface area (Å²) in [6.07, 6.45) is 3.69. The molecule has 1 heterocycles. The van der Waals surface area contributed by atoms with Crippen LogP contribution in [-0.2, 0) is 40.2 Å². The molecule has 0 saturated heterocycles. The molecular weight excluding hydrogens is 510 g/mol. The van der Waals surface area contributed by atoms with Gasteiger partial charge in [-0.15, -0.1) is 0 Å². The summed E-state index contributed by atoms with van der Waals surface area (Å²) in [4.78, 5) is 0. The first-order valence-corrected chi connectivity index (χ1v) is 14.6. The topological polar surface area (TPSA) is 107 Å². The fraction of sp³-hybridized carbons (Fsp3) is 0.464. The predicted molar refractivity (Wildman–Crippen MR) is 143 cm³/mol. The molecule has 4 rings (SSSR count). The lowest BCUT2D eigenvalue weighted by atomic mass is 9.74. The quantitative estimate of drug-likeness (QED) is 0.329. The summed E-state index contributed by atoms with van der Waals surface area (Å²) in [7, 11) is -3.71. The summed E-state index contributed by atoms with van der Waals surface area (Å²) >= 11 is 0. The zero-order valence-corrected chi connectivity index (χ0v) is 23.0. The summed E-state index contributed by atoms with van der Waals surface area (Å²) in [6.45, 7) is 6.52. The first kappa shape index (κ1) is 28.4. The number of hydrogen-bond acceptors (Lipinski definition) is 5. The first-order valence-electron chi connectivity index (χ1n) is 12.7. The molecular formula is C28H36F2N4O3S. The molecule has 1 aliphatic carbocycles. The summed E-state index contributed by atoms with van der Waals surface area (Å²) in [5.41, 5.74) is 4.08. The van der Waals surface area contributed by atoms with Crippen LogP contribution in [0.4, 0.5) is 8.78 Å². The highest BCUT2D eigenvalue weighted by Gasteiger charge is 2.38. The van der Waals surface area contributed by atoms with Gasteiger partial charge < -0.3 is 10.4 Å². The van der Waals surface area contributed by atoms with Crippen LogP contribution in [0.15, 0.2) is 48.7 Å². The minimum atomic E-state index is -3.71. The largest absolute Gasteiger partial charge is 0.390 e. The summed E-state index contributed by atoms with van der Waals surface area (Å²) in [6, 6.07) is 10.4. The van der Waals surface area contributed by atoms with Crippen molar-refractivity contribution in [2.45, 2.75) is 69.6 Å². The maximum absolute atomic E-state index is 13.8. The van der Waals surface area contributed by atoms with E-state index in [9.17, 15) is 22.3 Å². The monoisotopic (exact) mass is 546 g/mol. The van der Waals surface area contributed by atoms with Gasteiger partial charge in [0.25, 0.3) is 0 Å². The molecule has 0 amide bonds. The van der Waals surface area contributed by atoms with Crippen LogP contribution in [0.5, 0.6) is 0 Å². The Hall–Kier alpha value is -2.66. The minimum absolute atomic E-state index is 0.0535. The van der Waals surface area contributed by atoms with Crippen molar-refractivity contribution in [1.29, 1.82) is 0 Å². The average molecular weight is 547 g/mol. The number of aryl methyl sites for hydroxylation is 1. The van der Waals surface area contributed by atoms with E-state index in [0.717, 1.165) is 54.1 Å². The smallest absolute Gasteiger partial charge is 0.209 e.